The van der Waals surface area contributed by atoms with Crippen LogP contribution in [0.3, 0.4) is 0 Å². The highest BCUT2D eigenvalue weighted by atomic mass is 35.5. The van der Waals surface area contributed by atoms with Gasteiger partial charge in [-0.05, 0) is 19.1 Å². The van der Waals surface area contributed by atoms with Crippen LogP contribution in [0.2, 0.25) is 10.0 Å². The van der Waals surface area contributed by atoms with Gasteiger partial charge in [-0.2, -0.15) is 5.10 Å². The average Bonchev–Trinajstić information content (AvgIpc) is 2.50. The van der Waals surface area contributed by atoms with Crippen LogP contribution in [0.5, 0.6) is 0 Å². The van der Waals surface area contributed by atoms with Crippen molar-refractivity contribution in [2.24, 2.45) is 0 Å². The molecule has 6 heteroatoms. The van der Waals surface area contributed by atoms with Gasteiger partial charge in [0.25, 0.3) is 0 Å². The van der Waals surface area contributed by atoms with Crippen molar-refractivity contribution in [3.8, 4) is 5.69 Å². The summed E-state index contributed by atoms with van der Waals surface area (Å²) < 4.78 is 14.6. The largest absolute Gasteiger partial charge is 0.382 e. The van der Waals surface area contributed by atoms with Crippen LogP contribution in [-0.2, 0) is 0 Å². The molecule has 16 heavy (non-hydrogen) atoms. The lowest BCUT2D eigenvalue weighted by Crippen LogP contribution is -2.02. The number of nitrogens with two attached hydrogens (primary N) is 1. The Morgan fingerprint density at radius 3 is 2.56 bits per heavy atom. The van der Waals surface area contributed by atoms with Gasteiger partial charge in [-0.15, -0.1) is 0 Å². The van der Waals surface area contributed by atoms with Gasteiger partial charge >= 0.3 is 0 Å². The Labute approximate surface area is 102 Å². The van der Waals surface area contributed by atoms with Crippen LogP contribution in [0.25, 0.3) is 5.69 Å². The lowest BCUT2D eigenvalue weighted by Gasteiger charge is -2.04. The first-order valence-electron chi connectivity index (χ1n) is 4.46. The quantitative estimate of drug-likeness (QED) is 0.855. The second-order valence-corrected chi connectivity index (χ2v) is 4.08. The van der Waals surface area contributed by atoms with Crippen molar-refractivity contribution in [2.45, 2.75) is 6.92 Å². The van der Waals surface area contributed by atoms with E-state index in [-0.39, 0.29) is 10.8 Å². The van der Waals surface area contributed by atoms with Gasteiger partial charge in [0.05, 0.1) is 16.4 Å². The number of aryl methyl sites for hydroxylation is 1. The van der Waals surface area contributed by atoms with E-state index in [1.54, 1.807) is 13.0 Å². The number of rotatable bonds is 1. The highest BCUT2D eigenvalue weighted by molar-refractivity contribution is 6.33. The molecule has 0 fully saturated rings. The zero-order valence-corrected chi connectivity index (χ0v) is 9.85. The van der Waals surface area contributed by atoms with Crippen LogP contribution in [0, 0.1) is 12.7 Å². The molecule has 0 spiro atoms. The number of anilines is 1. The molecule has 0 amide bonds. The SMILES string of the molecule is Cc1nn(-c2ccc(Cl)c(F)c2)c(N)c1Cl. The normalized spacial score (nSPS) is 10.8. The molecule has 0 aliphatic carbocycles. The molecule has 2 rings (SSSR count). The number of hydrogen-bond acceptors (Lipinski definition) is 2. The summed E-state index contributed by atoms with van der Waals surface area (Å²) in [6.45, 7) is 1.72. The molecule has 2 aromatic rings. The number of aromatic nitrogens is 2. The van der Waals surface area contributed by atoms with Crippen LogP contribution in [-0.4, -0.2) is 9.78 Å². The molecule has 0 unspecified atom stereocenters. The Morgan fingerprint density at radius 2 is 2.06 bits per heavy atom. The van der Waals surface area contributed by atoms with Gasteiger partial charge in [-0.3, -0.25) is 0 Å². The van der Waals surface area contributed by atoms with E-state index < -0.39 is 5.82 Å². The van der Waals surface area contributed by atoms with Crippen molar-refractivity contribution in [1.29, 1.82) is 0 Å². The van der Waals surface area contributed by atoms with Crippen LogP contribution >= 0.6 is 23.2 Å². The monoisotopic (exact) mass is 259 g/mol. The standard InChI is InChI=1S/C10H8Cl2FN3/c1-5-9(12)10(14)16(15-5)6-2-3-7(11)8(13)4-6/h2-4H,14H2,1H3. The maximum absolute atomic E-state index is 13.3. The van der Waals surface area contributed by atoms with Gasteiger partial charge < -0.3 is 5.73 Å². The first-order chi connectivity index (χ1) is 7.50. The number of nitrogens with zero attached hydrogens (tertiary/aromatic N) is 2. The summed E-state index contributed by atoms with van der Waals surface area (Å²) in [5, 5.41) is 4.52. The summed E-state index contributed by atoms with van der Waals surface area (Å²) in [6.07, 6.45) is 0. The van der Waals surface area contributed by atoms with Crippen LogP contribution < -0.4 is 5.73 Å². The second-order valence-electron chi connectivity index (χ2n) is 3.29. The molecule has 0 aliphatic heterocycles. The van der Waals surface area contributed by atoms with E-state index in [0.717, 1.165) is 0 Å². The van der Waals surface area contributed by atoms with Crippen LogP contribution in [0.1, 0.15) is 5.69 Å². The Morgan fingerprint density at radius 1 is 1.38 bits per heavy atom. The topological polar surface area (TPSA) is 43.8 Å². The maximum atomic E-state index is 13.3. The van der Waals surface area contributed by atoms with Crippen molar-refractivity contribution >= 4 is 29.0 Å². The lowest BCUT2D eigenvalue weighted by atomic mass is 10.3. The van der Waals surface area contributed by atoms with E-state index in [1.165, 1.54) is 16.8 Å². The van der Waals surface area contributed by atoms with E-state index in [1.807, 2.05) is 0 Å². The van der Waals surface area contributed by atoms with Crippen molar-refractivity contribution < 1.29 is 4.39 Å². The van der Waals surface area contributed by atoms with Gasteiger partial charge in [0.15, 0.2) is 0 Å². The molecule has 0 saturated carbocycles. The molecular weight excluding hydrogens is 252 g/mol. The average molecular weight is 260 g/mol. The minimum atomic E-state index is -0.525. The van der Waals surface area contributed by atoms with Gasteiger partial charge in [0, 0.05) is 6.07 Å². The van der Waals surface area contributed by atoms with E-state index >= 15 is 0 Å². The predicted molar refractivity (Wildman–Crippen MR) is 62.7 cm³/mol. The summed E-state index contributed by atoms with van der Waals surface area (Å²) in [5.41, 5.74) is 6.81. The first kappa shape index (κ1) is 11.2. The second kappa shape index (κ2) is 3.96. The molecule has 1 heterocycles. The third-order valence-electron chi connectivity index (χ3n) is 2.17. The molecule has 1 aromatic heterocycles. The Hall–Kier alpha value is -1.26. The van der Waals surface area contributed by atoms with Crippen molar-refractivity contribution in [3.63, 3.8) is 0 Å². The number of hydrogen-bond donors (Lipinski definition) is 1. The predicted octanol–water partition coefficient (Wildman–Crippen LogP) is 3.21. The minimum absolute atomic E-state index is 0.0531. The molecule has 2 N–H and O–H groups in total. The van der Waals surface area contributed by atoms with Gasteiger partial charge in [0.1, 0.15) is 16.7 Å². The Kier molecular flexibility index (Phi) is 2.78. The molecule has 0 bridgehead atoms. The fourth-order valence-corrected chi connectivity index (χ4v) is 1.58. The zero-order valence-electron chi connectivity index (χ0n) is 8.34. The molecule has 0 aliphatic rings. The van der Waals surface area contributed by atoms with E-state index in [4.69, 9.17) is 28.9 Å². The van der Waals surface area contributed by atoms with Gasteiger partial charge in [0.2, 0.25) is 0 Å². The van der Waals surface area contributed by atoms with Crippen molar-refractivity contribution in [2.75, 3.05) is 5.73 Å². The summed E-state index contributed by atoms with van der Waals surface area (Å²) >= 11 is 11.5. The highest BCUT2D eigenvalue weighted by Crippen LogP contribution is 2.26. The van der Waals surface area contributed by atoms with E-state index in [0.29, 0.717) is 16.4 Å². The Bertz CT molecular complexity index is 551. The molecule has 1 aromatic carbocycles. The van der Waals surface area contributed by atoms with Crippen LogP contribution in [0.15, 0.2) is 18.2 Å². The van der Waals surface area contributed by atoms with Crippen LogP contribution in [0.4, 0.5) is 10.2 Å². The summed E-state index contributed by atoms with van der Waals surface area (Å²) in [4.78, 5) is 0. The third kappa shape index (κ3) is 1.74. The molecule has 0 saturated heterocycles. The first-order valence-corrected chi connectivity index (χ1v) is 5.22. The highest BCUT2D eigenvalue weighted by Gasteiger charge is 2.12. The van der Waals surface area contributed by atoms with Gasteiger partial charge in [-0.1, -0.05) is 23.2 Å². The van der Waals surface area contributed by atoms with Gasteiger partial charge in [-0.25, -0.2) is 9.07 Å². The van der Waals surface area contributed by atoms with E-state index in [9.17, 15) is 4.39 Å². The molecule has 0 radical (unpaired) electrons. The number of benzene rings is 1. The smallest absolute Gasteiger partial charge is 0.146 e. The fraction of sp³-hybridized carbons (Fsp3) is 0.100. The summed E-state index contributed by atoms with van der Waals surface area (Å²) in [7, 11) is 0. The Balaban J connectivity index is 2.59. The minimum Gasteiger partial charge on any atom is -0.382 e. The summed E-state index contributed by atoms with van der Waals surface area (Å²) in [6, 6.07) is 4.31. The third-order valence-corrected chi connectivity index (χ3v) is 2.94. The maximum Gasteiger partial charge on any atom is 0.146 e. The lowest BCUT2D eigenvalue weighted by molar-refractivity contribution is 0.626. The summed E-state index contributed by atoms with van der Waals surface area (Å²) in [5.74, 6) is -0.247. The number of halogens is 3. The number of nitrogen functional groups attached to an aromatic ring is 1. The fourth-order valence-electron chi connectivity index (χ4n) is 1.34. The van der Waals surface area contributed by atoms with Crippen molar-refractivity contribution in [3.05, 3.63) is 39.8 Å². The molecule has 0 atom stereocenters. The zero-order chi connectivity index (χ0) is 11.9. The van der Waals surface area contributed by atoms with Crippen molar-refractivity contribution in [1.82, 2.24) is 9.78 Å². The molecule has 84 valence electrons. The molecular formula is C10H8Cl2FN3. The molecule has 3 nitrogen and oxygen atoms in total. The van der Waals surface area contributed by atoms with E-state index in [2.05, 4.69) is 5.10 Å².